The fourth-order valence-corrected chi connectivity index (χ4v) is 7.62. The first-order valence-electron chi connectivity index (χ1n) is 16.1. The molecule has 1 saturated heterocycles. The Morgan fingerprint density at radius 2 is 1.53 bits per heavy atom. The second-order valence-electron chi connectivity index (χ2n) is 15.9. The first kappa shape index (κ1) is 32.5. The van der Waals surface area contributed by atoms with E-state index in [1.165, 1.54) is 20.8 Å². The van der Waals surface area contributed by atoms with E-state index in [4.69, 9.17) is 13.8 Å². The van der Waals surface area contributed by atoms with Gasteiger partial charge in [0.2, 0.25) is 5.91 Å². The predicted octanol–water partition coefficient (Wildman–Crippen LogP) is 7.18. The van der Waals surface area contributed by atoms with Crippen LogP contribution in [0.5, 0.6) is 0 Å². The molecule has 0 unspecified atom stereocenters. The molecule has 1 amide bonds. The molecule has 4 saturated carbocycles. The summed E-state index contributed by atoms with van der Waals surface area (Å²) in [4.78, 5) is 20.3. The zero-order chi connectivity index (χ0) is 32.8. The number of benzene rings is 1. The topological polar surface area (TPSA) is 77.7 Å². The van der Waals surface area contributed by atoms with Crippen molar-refractivity contribution in [2.75, 3.05) is 11.4 Å². The molecule has 1 aliphatic heterocycles. The van der Waals surface area contributed by atoms with Crippen LogP contribution in [-0.4, -0.2) is 47.1 Å². The Bertz CT molecular complexity index is 1420. The zero-order valence-corrected chi connectivity index (χ0v) is 27.3. The number of carbonyl (C=O) groups excluding carboxylic acids is 1. The first-order valence-corrected chi connectivity index (χ1v) is 16.1. The summed E-state index contributed by atoms with van der Waals surface area (Å²) in [6.45, 7) is 12.3. The second kappa shape index (κ2) is 10.3. The van der Waals surface area contributed by atoms with Gasteiger partial charge in [0.1, 0.15) is 0 Å². The number of hydrogen-bond donors (Lipinski definition) is 0. The molecule has 0 spiro atoms. The van der Waals surface area contributed by atoms with Gasteiger partial charge in [0, 0.05) is 23.6 Å². The van der Waals surface area contributed by atoms with E-state index in [2.05, 4.69) is 10.1 Å². The SMILES string of the molecule is CC(C)(F)c1nc(C23CCC(CN(C(=O)C4CC(C)(C(F)(F)F)C4)c4cccc(B5OC(C)(C)C(C)(C)O5)c4)(CC2)CC3)no1. The fraction of sp³-hybridized carbons (Fsp3) is 0.727. The largest absolute Gasteiger partial charge is 0.494 e. The van der Waals surface area contributed by atoms with E-state index in [0.717, 1.165) is 44.0 Å². The highest BCUT2D eigenvalue weighted by molar-refractivity contribution is 6.62. The summed E-state index contributed by atoms with van der Waals surface area (Å²) in [6.07, 6.45) is -0.108. The van der Waals surface area contributed by atoms with Gasteiger partial charge in [-0.25, -0.2) is 4.39 Å². The van der Waals surface area contributed by atoms with Gasteiger partial charge in [-0.3, -0.25) is 4.79 Å². The summed E-state index contributed by atoms with van der Waals surface area (Å²) in [5.74, 6) is -0.464. The normalized spacial score (nSPS) is 32.4. The molecule has 7 rings (SSSR count). The average Bonchev–Trinajstić information content (AvgIpc) is 3.53. The molecule has 45 heavy (non-hydrogen) atoms. The van der Waals surface area contributed by atoms with E-state index in [0.29, 0.717) is 18.1 Å². The van der Waals surface area contributed by atoms with E-state index in [9.17, 15) is 22.4 Å². The quantitative estimate of drug-likeness (QED) is 0.238. The van der Waals surface area contributed by atoms with E-state index in [-0.39, 0.29) is 35.5 Å². The van der Waals surface area contributed by atoms with Crippen LogP contribution in [0.25, 0.3) is 0 Å². The lowest BCUT2D eigenvalue weighted by Gasteiger charge is -2.54. The van der Waals surface area contributed by atoms with Crippen LogP contribution >= 0.6 is 0 Å². The van der Waals surface area contributed by atoms with Crippen molar-refractivity contribution in [1.29, 1.82) is 0 Å². The molecule has 2 aromatic rings. The van der Waals surface area contributed by atoms with Crippen molar-refractivity contribution in [3.63, 3.8) is 0 Å². The van der Waals surface area contributed by atoms with E-state index in [1.54, 1.807) is 4.90 Å². The highest BCUT2D eigenvalue weighted by atomic mass is 19.4. The number of nitrogens with zero attached hydrogens (tertiary/aromatic N) is 3. The van der Waals surface area contributed by atoms with Crippen LogP contribution in [0.2, 0.25) is 0 Å². The molecule has 2 bridgehead atoms. The Balaban J connectivity index is 1.26. The van der Waals surface area contributed by atoms with E-state index >= 15 is 0 Å². The lowest BCUT2D eigenvalue weighted by Crippen LogP contribution is -2.55. The summed E-state index contributed by atoms with van der Waals surface area (Å²) in [7, 11) is -0.638. The predicted molar refractivity (Wildman–Crippen MR) is 162 cm³/mol. The number of rotatable bonds is 7. The van der Waals surface area contributed by atoms with Crippen molar-refractivity contribution in [3.8, 4) is 0 Å². The molecule has 5 aliphatic rings. The number of fused-ring (bicyclic) bond motifs is 3. The molecular weight excluding hydrogens is 589 g/mol. The molecule has 1 aromatic carbocycles. The van der Waals surface area contributed by atoms with Crippen molar-refractivity contribution >= 4 is 24.2 Å². The van der Waals surface area contributed by atoms with Crippen molar-refractivity contribution in [1.82, 2.24) is 10.1 Å². The van der Waals surface area contributed by atoms with Gasteiger partial charge >= 0.3 is 13.3 Å². The smallest absolute Gasteiger partial charge is 0.399 e. The molecule has 246 valence electrons. The molecule has 0 atom stereocenters. The minimum atomic E-state index is -4.35. The Kier molecular flexibility index (Phi) is 7.41. The molecule has 12 heteroatoms. The van der Waals surface area contributed by atoms with Crippen LogP contribution in [0.4, 0.5) is 23.2 Å². The van der Waals surface area contributed by atoms with Crippen LogP contribution in [-0.2, 0) is 25.2 Å². The van der Waals surface area contributed by atoms with Crippen molar-refractivity contribution in [2.45, 2.75) is 128 Å². The van der Waals surface area contributed by atoms with Crippen LogP contribution in [0.3, 0.4) is 0 Å². The Hall–Kier alpha value is -2.47. The minimum absolute atomic E-state index is 0.0284. The Labute approximate surface area is 262 Å². The third kappa shape index (κ3) is 5.51. The molecule has 1 aromatic heterocycles. The van der Waals surface area contributed by atoms with Crippen molar-refractivity contribution in [3.05, 3.63) is 36.0 Å². The molecule has 5 fully saturated rings. The van der Waals surface area contributed by atoms with Gasteiger partial charge in [0.25, 0.3) is 5.89 Å². The van der Waals surface area contributed by atoms with E-state index < -0.39 is 41.5 Å². The number of alkyl halides is 4. The number of carbonyl (C=O) groups is 1. The first-order chi connectivity index (χ1) is 20.7. The minimum Gasteiger partial charge on any atom is -0.399 e. The number of hydrogen-bond acceptors (Lipinski definition) is 6. The molecule has 0 radical (unpaired) electrons. The summed E-state index contributed by atoms with van der Waals surface area (Å²) in [5.41, 5.74) is -3.80. The lowest BCUT2D eigenvalue weighted by molar-refractivity contribution is -0.253. The number of halogens is 4. The Morgan fingerprint density at radius 1 is 0.956 bits per heavy atom. The van der Waals surface area contributed by atoms with Crippen molar-refractivity contribution in [2.24, 2.45) is 16.7 Å². The van der Waals surface area contributed by atoms with Gasteiger partial charge in [-0.2, -0.15) is 18.2 Å². The maximum Gasteiger partial charge on any atom is 0.494 e. The van der Waals surface area contributed by atoms with Gasteiger partial charge in [-0.15, -0.1) is 0 Å². The van der Waals surface area contributed by atoms with Crippen molar-refractivity contribution < 1.29 is 36.2 Å². The van der Waals surface area contributed by atoms with Gasteiger partial charge < -0.3 is 18.7 Å². The summed E-state index contributed by atoms with van der Waals surface area (Å²) >= 11 is 0. The van der Waals surface area contributed by atoms with E-state index in [1.807, 2.05) is 52.0 Å². The standard InChI is InChI=1S/C33H44BF4N3O4/c1-27(2,35)26-39-25(40-43-26)32-14-11-31(12-15-32,13-16-32)20-41(24(42)21-18-30(7,19-21)33(36,37)38)23-10-8-9-22(17-23)34-44-28(3,4)29(5,6)45-34/h8-10,17,21H,11-16,18-20H2,1-7H3. The maximum absolute atomic E-state index is 14.5. The fourth-order valence-electron chi connectivity index (χ4n) is 7.62. The van der Waals surface area contributed by atoms with Crippen LogP contribution in [0, 0.1) is 16.7 Å². The summed E-state index contributed by atoms with van der Waals surface area (Å²) in [6, 6.07) is 7.47. The van der Waals surface area contributed by atoms with Gasteiger partial charge in [0.05, 0.1) is 16.6 Å². The highest BCUT2D eigenvalue weighted by Crippen LogP contribution is 2.59. The van der Waals surface area contributed by atoms with Crippen LogP contribution in [0.15, 0.2) is 28.8 Å². The summed E-state index contributed by atoms with van der Waals surface area (Å²) in [5, 5.41) is 4.17. The lowest BCUT2D eigenvalue weighted by atomic mass is 9.53. The van der Waals surface area contributed by atoms with Gasteiger partial charge in [0.15, 0.2) is 11.5 Å². The highest BCUT2D eigenvalue weighted by Gasteiger charge is 2.61. The van der Waals surface area contributed by atoms with Gasteiger partial charge in [-0.1, -0.05) is 24.2 Å². The molecule has 2 heterocycles. The van der Waals surface area contributed by atoms with Crippen LogP contribution in [0.1, 0.15) is 112 Å². The third-order valence-corrected chi connectivity index (χ3v) is 11.7. The Morgan fingerprint density at radius 3 is 2.04 bits per heavy atom. The molecule has 7 nitrogen and oxygen atoms in total. The molecular formula is C33H44BF4N3O4. The average molecular weight is 634 g/mol. The van der Waals surface area contributed by atoms with Gasteiger partial charge in [-0.05, 0) is 116 Å². The number of amides is 1. The monoisotopic (exact) mass is 633 g/mol. The van der Waals surface area contributed by atoms with Crippen LogP contribution < -0.4 is 10.4 Å². The maximum atomic E-state index is 14.5. The summed E-state index contributed by atoms with van der Waals surface area (Å²) < 4.78 is 73.5. The molecule has 0 N–H and O–H groups in total. The number of aromatic nitrogens is 2. The zero-order valence-electron chi connectivity index (χ0n) is 27.3. The number of anilines is 1. The molecule has 4 aliphatic carbocycles. The third-order valence-electron chi connectivity index (χ3n) is 11.7. The second-order valence-corrected chi connectivity index (χ2v) is 15.9.